The van der Waals surface area contributed by atoms with Gasteiger partial charge in [0.1, 0.15) is 0 Å². The number of oxime groups is 1. The Morgan fingerprint density at radius 1 is 1.44 bits per heavy atom. The zero-order valence-electron chi connectivity index (χ0n) is 9.43. The van der Waals surface area contributed by atoms with Gasteiger partial charge in [0.25, 0.3) is 0 Å². The summed E-state index contributed by atoms with van der Waals surface area (Å²) in [7, 11) is 0. The van der Waals surface area contributed by atoms with Crippen molar-refractivity contribution in [2.24, 2.45) is 10.9 Å². The van der Waals surface area contributed by atoms with E-state index >= 15 is 0 Å². The molecule has 4 heteroatoms. The normalized spacial score (nSPS) is 21.4. The minimum absolute atomic E-state index is 0.154. The average Bonchev–Trinajstić information content (AvgIpc) is 2.75. The highest BCUT2D eigenvalue weighted by Crippen LogP contribution is 2.25. The third kappa shape index (κ3) is 1.96. The first-order valence-electron chi connectivity index (χ1n) is 5.57. The quantitative estimate of drug-likeness (QED) is 0.345. The summed E-state index contributed by atoms with van der Waals surface area (Å²) in [6.07, 6.45) is 2.51. The van der Waals surface area contributed by atoms with Crippen molar-refractivity contribution in [2.75, 3.05) is 11.4 Å². The van der Waals surface area contributed by atoms with Gasteiger partial charge < -0.3 is 15.8 Å². The fourth-order valence-electron chi connectivity index (χ4n) is 2.20. The Bertz CT molecular complexity index is 386. The van der Waals surface area contributed by atoms with Gasteiger partial charge in [0, 0.05) is 23.8 Å². The number of anilines is 1. The summed E-state index contributed by atoms with van der Waals surface area (Å²) in [5.41, 5.74) is 7.47. The van der Waals surface area contributed by atoms with Crippen LogP contribution in [-0.4, -0.2) is 23.6 Å². The Balaban J connectivity index is 2.19. The highest BCUT2D eigenvalue weighted by atomic mass is 16.4. The molecule has 1 aromatic rings. The zero-order chi connectivity index (χ0) is 11.5. The largest absolute Gasteiger partial charge is 0.409 e. The monoisotopic (exact) mass is 219 g/mol. The Hall–Kier alpha value is -1.71. The molecule has 1 saturated heterocycles. The number of hydrogen-bond donors (Lipinski definition) is 2. The van der Waals surface area contributed by atoms with Crippen LogP contribution < -0.4 is 10.6 Å². The highest BCUT2D eigenvalue weighted by Gasteiger charge is 2.20. The molecule has 0 saturated carbocycles. The van der Waals surface area contributed by atoms with Gasteiger partial charge in [0.05, 0.1) is 0 Å². The second kappa shape index (κ2) is 4.43. The average molecular weight is 219 g/mol. The van der Waals surface area contributed by atoms with Crippen LogP contribution in [0.15, 0.2) is 29.4 Å². The Labute approximate surface area is 95.4 Å². The van der Waals surface area contributed by atoms with Crippen molar-refractivity contribution in [3.05, 3.63) is 29.8 Å². The number of nitrogens with zero attached hydrogens (tertiary/aromatic N) is 2. The minimum Gasteiger partial charge on any atom is -0.409 e. The number of hydrogen-bond acceptors (Lipinski definition) is 3. The van der Waals surface area contributed by atoms with Crippen LogP contribution in [0.4, 0.5) is 5.69 Å². The number of rotatable bonds is 2. The van der Waals surface area contributed by atoms with Crippen molar-refractivity contribution in [3.8, 4) is 0 Å². The second-order valence-electron chi connectivity index (χ2n) is 4.22. The Morgan fingerprint density at radius 2 is 2.12 bits per heavy atom. The van der Waals surface area contributed by atoms with Gasteiger partial charge in [-0.2, -0.15) is 0 Å². The fraction of sp³-hybridized carbons (Fsp3) is 0.417. The van der Waals surface area contributed by atoms with Gasteiger partial charge in [-0.15, -0.1) is 0 Å². The molecule has 1 aliphatic heterocycles. The summed E-state index contributed by atoms with van der Waals surface area (Å²) in [6.45, 7) is 3.36. The van der Waals surface area contributed by atoms with Gasteiger partial charge in [-0.3, -0.25) is 0 Å². The summed E-state index contributed by atoms with van der Waals surface area (Å²) in [4.78, 5) is 2.38. The predicted octanol–water partition coefficient (Wildman–Crippen LogP) is 1.77. The van der Waals surface area contributed by atoms with Crippen LogP contribution in [-0.2, 0) is 0 Å². The van der Waals surface area contributed by atoms with E-state index in [2.05, 4.69) is 17.0 Å². The fourth-order valence-corrected chi connectivity index (χ4v) is 2.20. The predicted molar refractivity (Wildman–Crippen MR) is 65.0 cm³/mol. The SMILES string of the molecule is CC1CCCN1c1ccc(/C(N)=N/O)cc1. The van der Waals surface area contributed by atoms with E-state index in [9.17, 15) is 0 Å². The van der Waals surface area contributed by atoms with Gasteiger partial charge in [-0.25, -0.2) is 0 Å². The van der Waals surface area contributed by atoms with Crippen LogP contribution >= 0.6 is 0 Å². The molecular formula is C12H17N3O. The summed E-state index contributed by atoms with van der Waals surface area (Å²) in [5.74, 6) is 0.154. The maximum Gasteiger partial charge on any atom is 0.170 e. The molecule has 0 aliphatic carbocycles. The maximum atomic E-state index is 8.56. The molecule has 1 atom stereocenters. The Kier molecular flexibility index (Phi) is 2.99. The van der Waals surface area contributed by atoms with Gasteiger partial charge >= 0.3 is 0 Å². The molecule has 86 valence electrons. The molecule has 0 radical (unpaired) electrons. The van der Waals surface area contributed by atoms with Crippen LogP contribution in [0.5, 0.6) is 0 Å². The van der Waals surface area contributed by atoms with Crippen molar-refractivity contribution in [1.29, 1.82) is 0 Å². The molecule has 0 amide bonds. The first-order valence-corrected chi connectivity index (χ1v) is 5.57. The molecule has 1 fully saturated rings. The van der Waals surface area contributed by atoms with Crippen molar-refractivity contribution in [1.82, 2.24) is 0 Å². The lowest BCUT2D eigenvalue weighted by molar-refractivity contribution is 0.318. The van der Waals surface area contributed by atoms with Crippen LogP contribution in [0.2, 0.25) is 0 Å². The molecule has 16 heavy (non-hydrogen) atoms. The minimum atomic E-state index is 0.154. The van der Waals surface area contributed by atoms with Crippen LogP contribution in [0.1, 0.15) is 25.3 Å². The summed E-state index contributed by atoms with van der Waals surface area (Å²) < 4.78 is 0. The van der Waals surface area contributed by atoms with Crippen LogP contribution in [0.25, 0.3) is 0 Å². The van der Waals surface area contributed by atoms with Crippen molar-refractivity contribution >= 4 is 11.5 Å². The van der Waals surface area contributed by atoms with E-state index in [1.54, 1.807) is 0 Å². The lowest BCUT2D eigenvalue weighted by Gasteiger charge is -2.23. The topological polar surface area (TPSA) is 61.8 Å². The van der Waals surface area contributed by atoms with E-state index < -0.39 is 0 Å². The summed E-state index contributed by atoms with van der Waals surface area (Å²) in [5, 5.41) is 11.5. The molecule has 4 nitrogen and oxygen atoms in total. The molecule has 0 spiro atoms. The third-order valence-corrected chi connectivity index (χ3v) is 3.16. The molecule has 1 aromatic carbocycles. The lowest BCUT2D eigenvalue weighted by atomic mass is 10.1. The van der Waals surface area contributed by atoms with E-state index in [-0.39, 0.29) is 5.84 Å². The van der Waals surface area contributed by atoms with Crippen molar-refractivity contribution < 1.29 is 5.21 Å². The standard InChI is InChI=1S/C12H17N3O/c1-9-3-2-8-15(9)11-6-4-10(5-7-11)12(13)14-16/h4-7,9,16H,2-3,8H2,1H3,(H2,13,14). The summed E-state index contributed by atoms with van der Waals surface area (Å²) in [6, 6.07) is 8.42. The first-order chi connectivity index (χ1) is 7.72. The van der Waals surface area contributed by atoms with Gasteiger partial charge in [-0.05, 0) is 44.0 Å². The molecule has 0 aromatic heterocycles. The smallest absolute Gasteiger partial charge is 0.170 e. The number of amidine groups is 1. The van der Waals surface area contributed by atoms with Gasteiger partial charge in [0.2, 0.25) is 0 Å². The zero-order valence-corrected chi connectivity index (χ0v) is 9.43. The highest BCUT2D eigenvalue weighted by molar-refractivity contribution is 5.97. The number of nitrogens with two attached hydrogens (primary N) is 1. The van der Waals surface area contributed by atoms with E-state index in [0.29, 0.717) is 6.04 Å². The lowest BCUT2D eigenvalue weighted by Crippen LogP contribution is -2.26. The van der Waals surface area contributed by atoms with E-state index in [1.807, 2.05) is 24.3 Å². The molecule has 1 heterocycles. The number of benzene rings is 1. The molecule has 0 bridgehead atoms. The maximum absolute atomic E-state index is 8.56. The van der Waals surface area contributed by atoms with Crippen molar-refractivity contribution in [3.63, 3.8) is 0 Å². The van der Waals surface area contributed by atoms with Crippen LogP contribution in [0, 0.1) is 0 Å². The van der Waals surface area contributed by atoms with E-state index in [0.717, 1.165) is 12.1 Å². The molecule has 1 aliphatic rings. The van der Waals surface area contributed by atoms with E-state index in [1.165, 1.54) is 18.5 Å². The molecular weight excluding hydrogens is 202 g/mol. The van der Waals surface area contributed by atoms with E-state index in [4.69, 9.17) is 10.9 Å². The summed E-state index contributed by atoms with van der Waals surface area (Å²) >= 11 is 0. The Morgan fingerprint density at radius 3 is 2.62 bits per heavy atom. The van der Waals surface area contributed by atoms with Gasteiger partial charge in [-0.1, -0.05) is 5.16 Å². The molecule has 2 rings (SSSR count). The van der Waals surface area contributed by atoms with Gasteiger partial charge in [0.15, 0.2) is 5.84 Å². The van der Waals surface area contributed by atoms with Crippen molar-refractivity contribution in [2.45, 2.75) is 25.8 Å². The molecule has 1 unspecified atom stereocenters. The van der Waals surface area contributed by atoms with Crippen LogP contribution in [0.3, 0.4) is 0 Å². The first kappa shape index (κ1) is 10.8. The second-order valence-corrected chi connectivity index (χ2v) is 4.22. The molecule has 3 N–H and O–H groups in total. The third-order valence-electron chi connectivity index (χ3n) is 3.16.